The van der Waals surface area contributed by atoms with Crippen molar-refractivity contribution < 1.29 is 9.59 Å². The van der Waals surface area contributed by atoms with E-state index < -0.39 is 0 Å². The molecular weight excluding hydrogens is 420 g/mol. The van der Waals surface area contributed by atoms with Crippen LogP contribution in [0.4, 0.5) is 5.69 Å². The average molecular weight is 449 g/mol. The molecule has 1 fully saturated rings. The van der Waals surface area contributed by atoms with E-state index >= 15 is 0 Å². The highest BCUT2D eigenvalue weighted by molar-refractivity contribution is 7.99. The summed E-state index contributed by atoms with van der Waals surface area (Å²) >= 11 is 1.42. The van der Waals surface area contributed by atoms with E-state index in [1.807, 2.05) is 56.8 Å². The van der Waals surface area contributed by atoms with Crippen LogP contribution in [0.25, 0.3) is 11.0 Å². The van der Waals surface area contributed by atoms with Gasteiger partial charge in [0.2, 0.25) is 11.8 Å². The van der Waals surface area contributed by atoms with E-state index in [2.05, 4.69) is 13.0 Å². The third-order valence-electron chi connectivity index (χ3n) is 6.42. The lowest BCUT2D eigenvalue weighted by molar-refractivity contribution is -0.132. The highest BCUT2D eigenvalue weighted by Crippen LogP contribution is 2.33. The molecule has 1 aromatic heterocycles. The molecule has 2 aliphatic rings. The fourth-order valence-corrected chi connectivity index (χ4v) is 5.71. The maximum atomic E-state index is 13.2. The van der Waals surface area contributed by atoms with Gasteiger partial charge >= 0.3 is 0 Å². The quantitative estimate of drug-likeness (QED) is 0.551. The zero-order valence-electron chi connectivity index (χ0n) is 18.4. The number of carbonyl (C=O) groups excluding carboxylic acids is 2. The Kier molecular flexibility index (Phi) is 5.91. The summed E-state index contributed by atoms with van der Waals surface area (Å²) in [6, 6.07) is 16.2. The van der Waals surface area contributed by atoms with Gasteiger partial charge in [-0.1, -0.05) is 42.1 Å². The molecule has 0 radical (unpaired) electrons. The van der Waals surface area contributed by atoms with Crippen molar-refractivity contribution in [1.29, 1.82) is 0 Å². The lowest BCUT2D eigenvalue weighted by Gasteiger charge is -2.27. The SMILES string of the molecule is CC1Cc2ccccc2N1C(=O)CSc1nc2ccccc2n1CC(=O)N1CCCCC1. The molecule has 3 aromatic rings. The number of para-hydroxylation sites is 3. The van der Waals surface area contributed by atoms with Crippen LogP contribution >= 0.6 is 11.8 Å². The number of carbonyl (C=O) groups is 2. The summed E-state index contributed by atoms with van der Waals surface area (Å²) in [6.45, 7) is 4.02. The number of aromatic nitrogens is 2. The molecule has 2 aromatic carbocycles. The van der Waals surface area contributed by atoms with Crippen LogP contribution in [0.1, 0.15) is 31.7 Å². The zero-order valence-corrected chi connectivity index (χ0v) is 19.2. The van der Waals surface area contributed by atoms with Gasteiger partial charge in [-0.3, -0.25) is 9.59 Å². The van der Waals surface area contributed by atoms with Gasteiger partial charge in [0.05, 0.1) is 16.8 Å². The number of piperidine rings is 1. The minimum atomic E-state index is 0.0772. The summed E-state index contributed by atoms with van der Waals surface area (Å²) in [5, 5.41) is 0.727. The number of hydrogen-bond acceptors (Lipinski definition) is 4. The van der Waals surface area contributed by atoms with Gasteiger partial charge in [0.25, 0.3) is 0 Å². The fourth-order valence-electron chi connectivity index (χ4n) is 4.84. The summed E-state index contributed by atoms with van der Waals surface area (Å²) < 4.78 is 1.98. The molecule has 0 saturated carbocycles. The number of thioether (sulfide) groups is 1. The maximum Gasteiger partial charge on any atom is 0.242 e. The first-order valence-electron chi connectivity index (χ1n) is 11.4. The standard InChI is InChI=1S/C25H28N4O2S/c1-18-15-19-9-3-5-11-21(19)29(18)24(31)17-32-25-26-20-10-4-6-12-22(20)28(25)16-23(30)27-13-7-2-8-14-27/h3-6,9-12,18H,2,7-8,13-17H2,1H3. The fraction of sp³-hybridized carbons (Fsp3) is 0.400. The molecule has 2 amide bonds. The number of amides is 2. The maximum absolute atomic E-state index is 13.2. The summed E-state index contributed by atoms with van der Waals surface area (Å²) in [4.78, 5) is 34.8. The van der Waals surface area contributed by atoms with Gasteiger partial charge in [-0.15, -0.1) is 0 Å². The summed E-state index contributed by atoms with van der Waals surface area (Å²) in [5.74, 6) is 0.497. The van der Waals surface area contributed by atoms with Gasteiger partial charge in [0.15, 0.2) is 5.16 Å². The number of likely N-dealkylation sites (tertiary alicyclic amines) is 1. The number of fused-ring (bicyclic) bond motifs is 2. The second-order valence-electron chi connectivity index (χ2n) is 8.64. The molecule has 1 saturated heterocycles. The third-order valence-corrected chi connectivity index (χ3v) is 7.38. The summed E-state index contributed by atoms with van der Waals surface area (Å²) in [6.07, 6.45) is 4.22. The van der Waals surface area contributed by atoms with Crippen LogP contribution in [0, 0.1) is 0 Å². The molecule has 1 unspecified atom stereocenters. The molecular formula is C25H28N4O2S. The van der Waals surface area contributed by atoms with Crippen LogP contribution in [0.5, 0.6) is 0 Å². The number of rotatable bonds is 5. The Hall–Kier alpha value is -2.80. The number of benzene rings is 2. The topological polar surface area (TPSA) is 58.4 Å². The van der Waals surface area contributed by atoms with Crippen LogP contribution in [-0.2, 0) is 22.6 Å². The van der Waals surface area contributed by atoms with E-state index in [0.29, 0.717) is 5.75 Å². The molecule has 7 heteroatoms. The Morgan fingerprint density at radius 1 is 1.00 bits per heavy atom. The van der Waals surface area contributed by atoms with Gasteiger partial charge in [-0.25, -0.2) is 4.98 Å². The minimum Gasteiger partial charge on any atom is -0.341 e. The summed E-state index contributed by atoms with van der Waals surface area (Å²) in [5.41, 5.74) is 4.03. The van der Waals surface area contributed by atoms with Gasteiger partial charge in [0, 0.05) is 24.8 Å². The van der Waals surface area contributed by atoms with Crippen molar-refractivity contribution in [2.75, 3.05) is 23.7 Å². The van der Waals surface area contributed by atoms with E-state index in [1.165, 1.54) is 23.7 Å². The van der Waals surface area contributed by atoms with E-state index in [0.717, 1.165) is 54.2 Å². The first-order chi connectivity index (χ1) is 15.6. The molecule has 0 aliphatic carbocycles. The van der Waals surface area contributed by atoms with Gasteiger partial charge in [-0.2, -0.15) is 0 Å². The van der Waals surface area contributed by atoms with Crippen molar-refractivity contribution in [1.82, 2.24) is 14.5 Å². The van der Waals surface area contributed by atoms with Crippen LogP contribution in [0.15, 0.2) is 53.7 Å². The first kappa shape index (κ1) is 21.1. The monoisotopic (exact) mass is 448 g/mol. The predicted molar refractivity (Wildman–Crippen MR) is 128 cm³/mol. The molecule has 0 bridgehead atoms. The highest BCUT2D eigenvalue weighted by Gasteiger charge is 2.30. The first-order valence-corrected chi connectivity index (χ1v) is 12.4. The van der Waals surface area contributed by atoms with Gasteiger partial charge < -0.3 is 14.4 Å². The number of anilines is 1. The molecule has 6 nitrogen and oxygen atoms in total. The van der Waals surface area contributed by atoms with Crippen molar-refractivity contribution >= 4 is 40.3 Å². The van der Waals surface area contributed by atoms with E-state index in [4.69, 9.17) is 4.98 Å². The van der Waals surface area contributed by atoms with Crippen LogP contribution < -0.4 is 4.90 Å². The molecule has 3 heterocycles. The Balaban J connectivity index is 1.35. The second kappa shape index (κ2) is 8.98. The number of hydrogen-bond donors (Lipinski definition) is 0. The minimum absolute atomic E-state index is 0.0772. The van der Waals surface area contributed by atoms with Crippen molar-refractivity contribution in [2.24, 2.45) is 0 Å². The largest absolute Gasteiger partial charge is 0.341 e. The molecule has 0 spiro atoms. The number of nitrogens with zero attached hydrogens (tertiary/aromatic N) is 4. The Bertz CT molecular complexity index is 1150. The second-order valence-corrected chi connectivity index (χ2v) is 9.59. The van der Waals surface area contributed by atoms with E-state index in [1.54, 1.807) is 0 Å². The zero-order chi connectivity index (χ0) is 22.1. The van der Waals surface area contributed by atoms with Crippen molar-refractivity contribution in [2.45, 2.75) is 50.4 Å². The van der Waals surface area contributed by atoms with Crippen molar-refractivity contribution in [3.63, 3.8) is 0 Å². The van der Waals surface area contributed by atoms with E-state index in [9.17, 15) is 9.59 Å². The van der Waals surface area contributed by atoms with Gasteiger partial charge in [0.1, 0.15) is 6.54 Å². The molecule has 5 rings (SSSR count). The van der Waals surface area contributed by atoms with Crippen molar-refractivity contribution in [3.8, 4) is 0 Å². The van der Waals surface area contributed by atoms with E-state index in [-0.39, 0.29) is 24.4 Å². The third kappa shape index (κ3) is 4.01. The van der Waals surface area contributed by atoms with Crippen molar-refractivity contribution in [3.05, 3.63) is 54.1 Å². The molecule has 166 valence electrons. The molecule has 0 N–H and O–H groups in total. The molecule has 1 atom stereocenters. The number of imidazole rings is 1. The van der Waals surface area contributed by atoms with Crippen LogP contribution in [0.2, 0.25) is 0 Å². The van der Waals surface area contributed by atoms with Crippen LogP contribution in [-0.4, -0.2) is 51.1 Å². The normalized spacial score (nSPS) is 18.2. The highest BCUT2D eigenvalue weighted by atomic mass is 32.2. The summed E-state index contributed by atoms with van der Waals surface area (Å²) in [7, 11) is 0. The Labute approximate surface area is 192 Å². The van der Waals surface area contributed by atoms with Crippen LogP contribution in [0.3, 0.4) is 0 Å². The Morgan fingerprint density at radius 3 is 2.59 bits per heavy atom. The lowest BCUT2D eigenvalue weighted by Crippen LogP contribution is -2.38. The smallest absolute Gasteiger partial charge is 0.242 e. The molecule has 2 aliphatic heterocycles. The predicted octanol–water partition coefficient (Wildman–Crippen LogP) is 4.12. The lowest BCUT2D eigenvalue weighted by atomic mass is 10.1. The Morgan fingerprint density at radius 2 is 1.75 bits per heavy atom. The molecule has 32 heavy (non-hydrogen) atoms. The van der Waals surface area contributed by atoms with Gasteiger partial charge in [-0.05, 0) is 56.4 Å². The average Bonchev–Trinajstić information content (AvgIpc) is 3.34.